The maximum Gasteiger partial charge on any atom is 0.251 e. The fraction of sp³-hybridized carbons (Fsp3) is 0.300. The third-order valence-corrected chi connectivity index (χ3v) is 4.47. The summed E-state index contributed by atoms with van der Waals surface area (Å²) in [7, 11) is 0. The number of amides is 2. The molecule has 0 spiro atoms. The van der Waals surface area contributed by atoms with Crippen LogP contribution < -0.4 is 10.2 Å². The van der Waals surface area contributed by atoms with Crippen LogP contribution in [0.3, 0.4) is 0 Å². The van der Waals surface area contributed by atoms with E-state index in [0.717, 1.165) is 18.5 Å². The van der Waals surface area contributed by atoms with Gasteiger partial charge in [-0.3, -0.25) is 9.59 Å². The minimum Gasteiger partial charge on any atom is -0.352 e. The number of aryl methyl sites for hydroxylation is 2. The van der Waals surface area contributed by atoms with Gasteiger partial charge in [-0.1, -0.05) is 24.3 Å². The van der Waals surface area contributed by atoms with Crippen LogP contribution in [-0.4, -0.2) is 24.9 Å². The van der Waals surface area contributed by atoms with Gasteiger partial charge in [-0.15, -0.1) is 0 Å². The molecule has 0 aliphatic carbocycles. The summed E-state index contributed by atoms with van der Waals surface area (Å²) in [4.78, 5) is 26.3. The SMILES string of the molecule is Cc1ccc(C(=O)NCCC(=O)N2CCCc3ccccc32)cc1F. The number of fused-ring (bicyclic) bond motifs is 1. The Kier molecular flexibility index (Phi) is 5.12. The molecule has 0 aromatic heterocycles. The number of hydrogen-bond acceptors (Lipinski definition) is 2. The second-order valence-corrected chi connectivity index (χ2v) is 6.25. The minimum absolute atomic E-state index is 0.0115. The van der Waals surface area contributed by atoms with Crippen molar-refractivity contribution in [2.45, 2.75) is 26.2 Å². The maximum atomic E-state index is 13.5. The van der Waals surface area contributed by atoms with Crippen molar-refractivity contribution in [1.29, 1.82) is 0 Å². The number of carbonyl (C=O) groups is 2. The van der Waals surface area contributed by atoms with Crippen molar-refractivity contribution in [2.24, 2.45) is 0 Å². The first-order valence-corrected chi connectivity index (χ1v) is 8.49. The molecular weight excluding hydrogens is 319 g/mol. The summed E-state index contributed by atoms with van der Waals surface area (Å²) in [5.74, 6) is -0.790. The molecule has 1 aliphatic rings. The Balaban J connectivity index is 1.56. The van der Waals surface area contributed by atoms with Crippen molar-refractivity contribution < 1.29 is 14.0 Å². The summed E-state index contributed by atoms with van der Waals surface area (Å²) >= 11 is 0. The van der Waals surface area contributed by atoms with Crippen molar-refractivity contribution in [2.75, 3.05) is 18.0 Å². The molecule has 1 N–H and O–H groups in total. The fourth-order valence-electron chi connectivity index (χ4n) is 3.05. The zero-order chi connectivity index (χ0) is 17.8. The number of halogens is 1. The maximum absolute atomic E-state index is 13.5. The molecule has 2 amide bonds. The molecule has 1 heterocycles. The van der Waals surface area contributed by atoms with Crippen LogP contribution in [-0.2, 0) is 11.2 Å². The van der Waals surface area contributed by atoms with Gasteiger partial charge in [0.25, 0.3) is 5.91 Å². The van der Waals surface area contributed by atoms with Crippen molar-refractivity contribution >= 4 is 17.5 Å². The van der Waals surface area contributed by atoms with Crippen LogP contribution in [0.2, 0.25) is 0 Å². The average molecular weight is 340 g/mol. The second kappa shape index (κ2) is 7.47. The zero-order valence-electron chi connectivity index (χ0n) is 14.2. The predicted octanol–water partition coefficient (Wildman–Crippen LogP) is 3.23. The number of para-hydroxylation sites is 1. The summed E-state index contributed by atoms with van der Waals surface area (Å²) in [6.45, 7) is 2.57. The number of benzene rings is 2. The van der Waals surface area contributed by atoms with Crippen LogP contribution in [0.15, 0.2) is 42.5 Å². The molecule has 2 aromatic carbocycles. The summed E-state index contributed by atoms with van der Waals surface area (Å²) < 4.78 is 13.5. The summed E-state index contributed by atoms with van der Waals surface area (Å²) in [6, 6.07) is 12.3. The number of nitrogens with one attached hydrogen (secondary N) is 1. The molecule has 0 fully saturated rings. The number of anilines is 1. The van der Waals surface area contributed by atoms with E-state index in [-0.39, 0.29) is 30.3 Å². The standard InChI is InChI=1S/C20H21FN2O2/c1-14-8-9-16(13-17(14)21)20(25)22-11-10-19(24)23-12-4-6-15-5-2-3-7-18(15)23/h2-3,5,7-9,13H,4,6,10-12H2,1H3,(H,22,25). The molecule has 0 saturated carbocycles. The summed E-state index contributed by atoms with van der Waals surface area (Å²) in [6.07, 6.45) is 2.14. The molecule has 0 atom stereocenters. The third kappa shape index (κ3) is 3.87. The lowest BCUT2D eigenvalue weighted by molar-refractivity contribution is -0.118. The van der Waals surface area contributed by atoms with E-state index in [1.54, 1.807) is 24.0 Å². The topological polar surface area (TPSA) is 49.4 Å². The van der Waals surface area contributed by atoms with Crippen molar-refractivity contribution in [1.82, 2.24) is 5.32 Å². The number of carbonyl (C=O) groups excluding carboxylic acids is 2. The number of nitrogens with zero attached hydrogens (tertiary/aromatic N) is 1. The Bertz CT molecular complexity index is 804. The van der Waals surface area contributed by atoms with Gasteiger partial charge in [0, 0.05) is 30.8 Å². The Morgan fingerprint density at radius 3 is 2.80 bits per heavy atom. The van der Waals surface area contributed by atoms with Crippen LogP contribution >= 0.6 is 0 Å². The van der Waals surface area contributed by atoms with E-state index in [0.29, 0.717) is 12.1 Å². The molecule has 0 bridgehead atoms. The first-order chi connectivity index (χ1) is 12.1. The normalized spacial score (nSPS) is 13.3. The van der Waals surface area contributed by atoms with E-state index in [1.165, 1.54) is 11.6 Å². The van der Waals surface area contributed by atoms with Gasteiger partial charge < -0.3 is 10.2 Å². The zero-order valence-corrected chi connectivity index (χ0v) is 14.2. The summed E-state index contributed by atoms with van der Waals surface area (Å²) in [5, 5.41) is 2.69. The quantitative estimate of drug-likeness (QED) is 0.929. The van der Waals surface area contributed by atoms with Gasteiger partial charge in [0.1, 0.15) is 5.82 Å². The largest absolute Gasteiger partial charge is 0.352 e. The molecule has 1 aliphatic heterocycles. The highest BCUT2D eigenvalue weighted by molar-refractivity contribution is 5.96. The van der Waals surface area contributed by atoms with Crippen molar-refractivity contribution in [3.8, 4) is 0 Å². The van der Waals surface area contributed by atoms with E-state index in [1.807, 2.05) is 24.3 Å². The molecule has 25 heavy (non-hydrogen) atoms. The van der Waals surface area contributed by atoms with Gasteiger partial charge in [-0.2, -0.15) is 0 Å². The van der Waals surface area contributed by atoms with Crippen LogP contribution in [0.25, 0.3) is 0 Å². The van der Waals surface area contributed by atoms with E-state index >= 15 is 0 Å². The molecule has 0 unspecified atom stereocenters. The van der Waals surface area contributed by atoms with E-state index in [9.17, 15) is 14.0 Å². The Morgan fingerprint density at radius 1 is 1.20 bits per heavy atom. The fourth-order valence-corrected chi connectivity index (χ4v) is 3.05. The van der Waals surface area contributed by atoms with Gasteiger partial charge in [0.2, 0.25) is 5.91 Å². The van der Waals surface area contributed by atoms with Crippen LogP contribution in [0.1, 0.15) is 34.3 Å². The molecule has 2 aromatic rings. The van der Waals surface area contributed by atoms with Gasteiger partial charge in [-0.05, 0) is 49.1 Å². The monoisotopic (exact) mass is 340 g/mol. The Morgan fingerprint density at radius 2 is 2.00 bits per heavy atom. The first kappa shape index (κ1) is 17.1. The molecule has 4 nitrogen and oxygen atoms in total. The molecule has 130 valence electrons. The lowest BCUT2D eigenvalue weighted by Gasteiger charge is -2.29. The third-order valence-electron chi connectivity index (χ3n) is 4.47. The molecule has 5 heteroatoms. The van der Waals surface area contributed by atoms with E-state index in [4.69, 9.17) is 0 Å². The average Bonchev–Trinajstić information content (AvgIpc) is 2.63. The summed E-state index contributed by atoms with van der Waals surface area (Å²) in [5.41, 5.74) is 2.90. The molecular formula is C20H21FN2O2. The van der Waals surface area contributed by atoms with Crippen molar-refractivity contribution in [3.63, 3.8) is 0 Å². The molecule has 0 saturated heterocycles. The highest BCUT2D eigenvalue weighted by Gasteiger charge is 2.21. The smallest absolute Gasteiger partial charge is 0.251 e. The van der Waals surface area contributed by atoms with Crippen LogP contribution in [0.4, 0.5) is 10.1 Å². The second-order valence-electron chi connectivity index (χ2n) is 6.25. The Labute approximate surface area is 146 Å². The van der Waals surface area contributed by atoms with Crippen LogP contribution in [0, 0.1) is 12.7 Å². The van der Waals surface area contributed by atoms with Gasteiger partial charge in [0.05, 0.1) is 0 Å². The van der Waals surface area contributed by atoms with Gasteiger partial charge >= 0.3 is 0 Å². The molecule has 0 radical (unpaired) electrons. The van der Waals surface area contributed by atoms with E-state index < -0.39 is 5.82 Å². The van der Waals surface area contributed by atoms with Gasteiger partial charge in [0.15, 0.2) is 0 Å². The lowest BCUT2D eigenvalue weighted by atomic mass is 10.0. The highest BCUT2D eigenvalue weighted by atomic mass is 19.1. The predicted molar refractivity (Wildman–Crippen MR) is 95.2 cm³/mol. The Hall–Kier alpha value is -2.69. The minimum atomic E-state index is -0.409. The van der Waals surface area contributed by atoms with Crippen LogP contribution in [0.5, 0.6) is 0 Å². The van der Waals surface area contributed by atoms with E-state index in [2.05, 4.69) is 5.32 Å². The number of rotatable bonds is 4. The number of hydrogen-bond donors (Lipinski definition) is 1. The lowest BCUT2D eigenvalue weighted by Crippen LogP contribution is -2.37. The van der Waals surface area contributed by atoms with Gasteiger partial charge in [-0.25, -0.2) is 4.39 Å². The highest BCUT2D eigenvalue weighted by Crippen LogP contribution is 2.27. The molecule has 3 rings (SSSR count). The first-order valence-electron chi connectivity index (χ1n) is 8.49. The van der Waals surface area contributed by atoms with Crippen molar-refractivity contribution in [3.05, 3.63) is 65.0 Å².